The fraction of sp³-hybridized carbons (Fsp3) is 0.118. The molecule has 0 radical (unpaired) electrons. The van der Waals surface area contributed by atoms with Crippen molar-refractivity contribution in [2.75, 3.05) is 5.32 Å². The Morgan fingerprint density at radius 2 is 1.93 bits per heavy atom. The Morgan fingerprint density at radius 3 is 2.64 bits per heavy atom. The largest absolute Gasteiger partial charge is 0.417 e. The van der Waals surface area contributed by atoms with Gasteiger partial charge in [0.25, 0.3) is 5.91 Å². The summed E-state index contributed by atoms with van der Waals surface area (Å²) < 4.78 is 40.9. The van der Waals surface area contributed by atoms with E-state index < -0.39 is 17.6 Å². The van der Waals surface area contributed by atoms with Crippen LogP contribution in [0.1, 0.15) is 21.6 Å². The van der Waals surface area contributed by atoms with E-state index >= 15 is 0 Å². The average Bonchev–Trinajstić information content (AvgIpc) is 3.25. The molecule has 4 aromatic rings. The number of hydrogen-bond acceptors (Lipinski definition) is 5. The van der Waals surface area contributed by atoms with Crippen molar-refractivity contribution in [3.05, 3.63) is 65.7 Å². The van der Waals surface area contributed by atoms with E-state index in [0.29, 0.717) is 11.3 Å². The number of carbonyl (C=O) groups excluding carboxylic acids is 1. The van der Waals surface area contributed by atoms with Crippen LogP contribution in [-0.2, 0) is 6.18 Å². The molecule has 0 aliphatic rings. The molecular weight excluding hydrogens is 375 g/mol. The molecule has 0 fully saturated rings. The molecule has 0 bridgehead atoms. The van der Waals surface area contributed by atoms with Crippen molar-refractivity contribution >= 4 is 17.5 Å². The number of halogens is 3. The molecular formula is C17H12F3N7O. The first-order chi connectivity index (χ1) is 13.3. The molecule has 0 aromatic carbocycles. The van der Waals surface area contributed by atoms with Crippen LogP contribution in [0.3, 0.4) is 0 Å². The van der Waals surface area contributed by atoms with Gasteiger partial charge in [-0.3, -0.25) is 14.5 Å². The predicted octanol–water partition coefficient (Wildman–Crippen LogP) is 2.89. The summed E-state index contributed by atoms with van der Waals surface area (Å²) in [5.74, 6) is -0.0771. The molecule has 11 heteroatoms. The molecule has 4 rings (SSSR count). The van der Waals surface area contributed by atoms with Crippen molar-refractivity contribution in [3.8, 4) is 5.82 Å². The van der Waals surface area contributed by atoms with Crippen molar-refractivity contribution < 1.29 is 18.0 Å². The molecule has 0 saturated heterocycles. The van der Waals surface area contributed by atoms with Gasteiger partial charge < -0.3 is 0 Å². The normalized spacial score (nSPS) is 11.7. The summed E-state index contributed by atoms with van der Waals surface area (Å²) in [6.45, 7) is 1.61. The van der Waals surface area contributed by atoms with Crippen LogP contribution < -0.4 is 5.32 Å². The van der Waals surface area contributed by atoms with Gasteiger partial charge >= 0.3 is 6.18 Å². The Morgan fingerprint density at radius 1 is 1.11 bits per heavy atom. The maximum absolute atomic E-state index is 12.7. The van der Waals surface area contributed by atoms with Gasteiger partial charge in [-0.2, -0.15) is 18.3 Å². The summed E-state index contributed by atoms with van der Waals surface area (Å²) in [5.41, 5.74) is 0.352. The third kappa shape index (κ3) is 3.06. The summed E-state index contributed by atoms with van der Waals surface area (Å²) in [6.07, 6.45) is -0.740. The number of pyridine rings is 2. The second kappa shape index (κ2) is 6.44. The highest BCUT2D eigenvalue weighted by Crippen LogP contribution is 2.28. The second-order valence-corrected chi connectivity index (χ2v) is 5.86. The highest BCUT2D eigenvalue weighted by molar-refractivity contribution is 6.04. The van der Waals surface area contributed by atoms with Gasteiger partial charge in [-0.15, -0.1) is 10.2 Å². The SMILES string of the molecule is Cc1c(C(=O)Nc2nnc3ccccn23)cnn1-c1ccc(C(F)(F)F)cn1. The number of carbonyl (C=O) groups is 1. The molecule has 0 unspecified atom stereocenters. The molecule has 1 N–H and O–H groups in total. The molecule has 4 heterocycles. The number of amides is 1. The maximum atomic E-state index is 12.7. The Kier molecular flexibility index (Phi) is 4.06. The number of nitrogens with one attached hydrogen (secondary N) is 1. The first-order valence-corrected chi connectivity index (χ1v) is 8.04. The van der Waals surface area contributed by atoms with Crippen LogP contribution in [0.5, 0.6) is 0 Å². The first-order valence-electron chi connectivity index (χ1n) is 8.04. The number of fused-ring (bicyclic) bond motifs is 1. The number of nitrogens with zero attached hydrogens (tertiary/aromatic N) is 6. The predicted molar refractivity (Wildman–Crippen MR) is 92.0 cm³/mol. The van der Waals surface area contributed by atoms with Crippen molar-refractivity contribution in [2.45, 2.75) is 13.1 Å². The number of hydrogen-bond donors (Lipinski definition) is 1. The van der Waals surface area contributed by atoms with E-state index in [2.05, 4.69) is 25.6 Å². The van der Waals surface area contributed by atoms with Crippen LogP contribution in [0, 0.1) is 6.92 Å². The molecule has 0 saturated carbocycles. The van der Waals surface area contributed by atoms with Gasteiger partial charge in [-0.1, -0.05) is 6.07 Å². The molecule has 0 aliphatic heterocycles. The number of rotatable bonds is 3. The van der Waals surface area contributed by atoms with Crippen LogP contribution in [0.15, 0.2) is 48.9 Å². The topological polar surface area (TPSA) is 90.0 Å². The highest BCUT2D eigenvalue weighted by atomic mass is 19.4. The van der Waals surface area contributed by atoms with E-state index in [0.717, 1.165) is 12.3 Å². The minimum atomic E-state index is -4.48. The van der Waals surface area contributed by atoms with Crippen LogP contribution in [-0.4, -0.2) is 35.3 Å². The van der Waals surface area contributed by atoms with E-state index in [-0.39, 0.29) is 17.3 Å². The lowest BCUT2D eigenvalue weighted by molar-refractivity contribution is -0.137. The first kappa shape index (κ1) is 17.6. The zero-order valence-electron chi connectivity index (χ0n) is 14.3. The van der Waals surface area contributed by atoms with Gasteiger partial charge in [0, 0.05) is 12.4 Å². The molecule has 4 aromatic heterocycles. The van der Waals surface area contributed by atoms with Gasteiger partial charge in [-0.25, -0.2) is 9.67 Å². The van der Waals surface area contributed by atoms with Crippen molar-refractivity contribution in [3.63, 3.8) is 0 Å². The quantitative estimate of drug-likeness (QED) is 0.584. The van der Waals surface area contributed by atoms with E-state index in [1.807, 2.05) is 0 Å². The number of alkyl halides is 3. The number of aromatic nitrogens is 6. The second-order valence-electron chi connectivity index (χ2n) is 5.86. The monoisotopic (exact) mass is 387 g/mol. The highest BCUT2D eigenvalue weighted by Gasteiger charge is 2.30. The van der Waals surface area contributed by atoms with Gasteiger partial charge in [0.2, 0.25) is 5.95 Å². The van der Waals surface area contributed by atoms with Crippen molar-refractivity contribution in [1.29, 1.82) is 0 Å². The lowest BCUT2D eigenvalue weighted by Crippen LogP contribution is -2.15. The molecule has 8 nitrogen and oxygen atoms in total. The molecule has 28 heavy (non-hydrogen) atoms. The lowest BCUT2D eigenvalue weighted by Gasteiger charge is -2.08. The summed E-state index contributed by atoms with van der Waals surface area (Å²) in [4.78, 5) is 16.4. The summed E-state index contributed by atoms with van der Waals surface area (Å²) in [7, 11) is 0. The Bertz CT molecular complexity index is 1160. The van der Waals surface area contributed by atoms with Crippen LogP contribution in [0.4, 0.5) is 19.1 Å². The van der Waals surface area contributed by atoms with Crippen LogP contribution >= 0.6 is 0 Å². The molecule has 1 amide bonds. The Balaban J connectivity index is 1.60. The van der Waals surface area contributed by atoms with Gasteiger partial charge in [0.15, 0.2) is 11.5 Å². The van der Waals surface area contributed by atoms with E-state index in [4.69, 9.17) is 0 Å². The number of anilines is 1. The van der Waals surface area contributed by atoms with Gasteiger partial charge in [-0.05, 0) is 31.2 Å². The van der Waals surface area contributed by atoms with Crippen LogP contribution in [0.25, 0.3) is 11.5 Å². The fourth-order valence-electron chi connectivity index (χ4n) is 2.64. The van der Waals surface area contributed by atoms with Gasteiger partial charge in [0.1, 0.15) is 0 Å². The Hall–Kier alpha value is -3.76. The minimum absolute atomic E-state index is 0.164. The maximum Gasteiger partial charge on any atom is 0.417 e. The van der Waals surface area contributed by atoms with E-state index in [9.17, 15) is 18.0 Å². The Labute approximate surface area is 155 Å². The summed E-state index contributed by atoms with van der Waals surface area (Å²) in [5, 5.41) is 14.6. The van der Waals surface area contributed by atoms with E-state index in [1.165, 1.54) is 16.9 Å². The summed E-state index contributed by atoms with van der Waals surface area (Å²) >= 11 is 0. The fourth-order valence-corrected chi connectivity index (χ4v) is 2.64. The van der Waals surface area contributed by atoms with Crippen LogP contribution in [0.2, 0.25) is 0 Å². The molecule has 0 atom stereocenters. The smallest absolute Gasteiger partial charge is 0.290 e. The third-order valence-electron chi connectivity index (χ3n) is 4.09. The van der Waals surface area contributed by atoms with E-state index in [1.54, 1.807) is 35.7 Å². The van der Waals surface area contributed by atoms with Crippen molar-refractivity contribution in [2.24, 2.45) is 0 Å². The molecule has 0 spiro atoms. The lowest BCUT2D eigenvalue weighted by atomic mass is 10.2. The zero-order valence-corrected chi connectivity index (χ0v) is 14.3. The van der Waals surface area contributed by atoms with Crippen molar-refractivity contribution in [1.82, 2.24) is 29.4 Å². The standard InChI is InChI=1S/C17H12F3N7O/c1-10-12(15(28)23-16-25-24-14-4-2-3-7-26(14)16)9-22-27(10)13-6-5-11(8-21-13)17(18,19)20/h2-9H,1H3,(H,23,25,28). The van der Waals surface area contributed by atoms with Gasteiger partial charge in [0.05, 0.1) is 23.0 Å². The molecule has 142 valence electrons. The average molecular weight is 387 g/mol. The molecule has 0 aliphatic carbocycles. The third-order valence-corrected chi connectivity index (χ3v) is 4.09. The summed E-state index contributed by atoms with van der Waals surface area (Å²) in [6, 6.07) is 7.40. The zero-order chi connectivity index (χ0) is 19.9. The minimum Gasteiger partial charge on any atom is -0.290 e.